The first-order valence-corrected chi connectivity index (χ1v) is 9.34. The van der Waals surface area contributed by atoms with E-state index in [9.17, 15) is 0 Å². The number of fused-ring (bicyclic) bond motifs is 1. The van der Waals surface area contributed by atoms with Crippen LogP contribution in [0.1, 0.15) is 6.42 Å². The Kier molecular flexibility index (Phi) is 5.78. The molecule has 0 atom stereocenters. The Morgan fingerprint density at radius 1 is 1.18 bits per heavy atom. The number of hydrogen-bond acceptors (Lipinski definition) is 9. The molecule has 0 spiro atoms. The van der Waals surface area contributed by atoms with E-state index < -0.39 is 0 Å². The summed E-state index contributed by atoms with van der Waals surface area (Å²) in [5.74, 6) is 0.903. The van der Waals surface area contributed by atoms with Crippen LogP contribution in [0, 0.1) is 0 Å². The minimum Gasteiger partial charge on any atom is -0.467 e. The quantitative estimate of drug-likeness (QED) is 0.499. The average molecular weight is 384 g/mol. The molecule has 0 aliphatic carbocycles. The van der Waals surface area contributed by atoms with E-state index in [0.29, 0.717) is 11.9 Å². The smallest absolute Gasteiger partial charge is 0.322 e. The molecule has 10 nitrogen and oxygen atoms in total. The summed E-state index contributed by atoms with van der Waals surface area (Å²) >= 11 is 0. The third-order valence-electron chi connectivity index (χ3n) is 4.53. The highest BCUT2D eigenvalue weighted by Gasteiger charge is 2.10. The lowest BCUT2D eigenvalue weighted by atomic mass is 10.2. The Morgan fingerprint density at radius 2 is 2.04 bits per heavy atom. The van der Waals surface area contributed by atoms with Crippen molar-refractivity contribution in [3.63, 3.8) is 0 Å². The van der Waals surface area contributed by atoms with E-state index in [1.807, 2.05) is 18.2 Å². The van der Waals surface area contributed by atoms with Gasteiger partial charge in [-0.15, -0.1) is 0 Å². The lowest BCUT2D eigenvalue weighted by Crippen LogP contribution is -2.37. The van der Waals surface area contributed by atoms with Gasteiger partial charge < -0.3 is 20.1 Å². The van der Waals surface area contributed by atoms with Crippen molar-refractivity contribution >= 4 is 28.5 Å². The van der Waals surface area contributed by atoms with Gasteiger partial charge in [0.15, 0.2) is 0 Å². The molecule has 0 amide bonds. The Morgan fingerprint density at radius 3 is 2.89 bits per heavy atom. The third-order valence-corrected chi connectivity index (χ3v) is 4.53. The molecular formula is C18H24N8O2. The van der Waals surface area contributed by atoms with Gasteiger partial charge in [0, 0.05) is 30.7 Å². The SMILES string of the molecule is COc1nc(NCCCN2CCOCC2)nc(Nc2ccc3cn[nH]c3c2)n1. The predicted octanol–water partition coefficient (Wildman–Crippen LogP) is 1.63. The number of nitrogens with zero attached hydrogens (tertiary/aromatic N) is 5. The van der Waals surface area contributed by atoms with Gasteiger partial charge in [0.05, 0.1) is 32.0 Å². The number of H-pyrrole nitrogens is 1. The summed E-state index contributed by atoms with van der Waals surface area (Å²) in [5, 5.41) is 14.5. The molecule has 28 heavy (non-hydrogen) atoms. The Labute approximate surface area is 162 Å². The molecular weight excluding hydrogens is 360 g/mol. The van der Waals surface area contributed by atoms with Crippen molar-refractivity contribution in [3.8, 4) is 6.01 Å². The zero-order valence-electron chi connectivity index (χ0n) is 15.8. The van der Waals surface area contributed by atoms with Gasteiger partial charge in [-0.25, -0.2) is 0 Å². The first kappa shape index (κ1) is 18.4. The normalized spacial score (nSPS) is 14.9. The lowest BCUT2D eigenvalue weighted by molar-refractivity contribution is 0.0378. The number of aromatic nitrogens is 5. The summed E-state index contributed by atoms with van der Waals surface area (Å²) in [6.45, 7) is 5.41. The molecule has 1 aliphatic rings. The minimum absolute atomic E-state index is 0.260. The maximum atomic E-state index is 5.37. The molecule has 0 saturated carbocycles. The monoisotopic (exact) mass is 384 g/mol. The van der Waals surface area contributed by atoms with E-state index in [4.69, 9.17) is 9.47 Å². The highest BCUT2D eigenvalue weighted by Crippen LogP contribution is 2.20. The Balaban J connectivity index is 1.37. The number of rotatable bonds is 8. The number of benzene rings is 1. The van der Waals surface area contributed by atoms with Crippen molar-refractivity contribution in [2.45, 2.75) is 6.42 Å². The highest BCUT2D eigenvalue weighted by atomic mass is 16.5. The fourth-order valence-corrected chi connectivity index (χ4v) is 3.05. The largest absolute Gasteiger partial charge is 0.467 e. The van der Waals surface area contributed by atoms with Crippen LogP contribution in [0.2, 0.25) is 0 Å². The molecule has 1 fully saturated rings. The van der Waals surface area contributed by atoms with Crippen LogP contribution in [0.3, 0.4) is 0 Å². The van der Waals surface area contributed by atoms with E-state index >= 15 is 0 Å². The van der Waals surface area contributed by atoms with Crippen molar-refractivity contribution in [1.29, 1.82) is 0 Å². The summed E-state index contributed by atoms with van der Waals surface area (Å²) in [6, 6.07) is 6.14. The van der Waals surface area contributed by atoms with E-state index in [1.165, 1.54) is 7.11 Å². The standard InChI is InChI=1S/C18H24N8O2/c1-27-18-23-16(19-5-2-6-26-7-9-28-10-8-26)22-17(24-18)21-14-4-3-13-12-20-25-15(13)11-14/h3-4,11-12H,2,5-10H2,1H3,(H,20,25)(H2,19,21,22,23,24). The number of aromatic amines is 1. The van der Waals surface area contributed by atoms with Gasteiger partial charge in [-0.3, -0.25) is 10.00 Å². The van der Waals surface area contributed by atoms with Gasteiger partial charge in [-0.05, 0) is 31.2 Å². The van der Waals surface area contributed by atoms with Crippen LogP contribution in [0.4, 0.5) is 17.6 Å². The fraction of sp³-hybridized carbons (Fsp3) is 0.444. The topological polar surface area (TPSA) is 113 Å². The lowest BCUT2D eigenvalue weighted by Gasteiger charge is -2.26. The fourth-order valence-electron chi connectivity index (χ4n) is 3.05. The molecule has 1 aromatic carbocycles. The summed E-state index contributed by atoms with van der Waals surface area (Å²) in [4.78, 5) is 15.4. The van der Waals surface area contributed by atoms with E-state index in [1.54, 1.807) is 6.20 Å². The summed E-state index contributed by atoms with van der Waals surface area (Å²) in [6.07, 6.45) is 2.78. The average Bonchev–Trinajstić information content (AvgIpc) is 3.20. The third kappa shape index (κ3) is 4.65. The summed E-state index contributed by atoms with van der Waals surface area (Å²) < 4.78 is 10.6. The van der Waals surface area contributed by atoms with Crippen LogP contribution in [0.15, 0.2) is 24.4 Å². The molecule has 1 aliphatic heterocycles. The van der Waals surface area contributed by atoms with Crippen molar-refractivity contribution in [1.82, 2.24) is 30.0 Å². The van der Waals surface area contributed by atoms with Crippen LogP contribution < -0.4 is 15.4 Å². The molecule has 1 saturated heterocycles. The first-order valence-electron chi connectivity index (χ1n) is 9.34. The molecule has 0 bridgehead atoms. The molecule has 3 heterocycles. The number of anilines is 3. The zero-order valence-corrected chi connectivity index (χ0v) is 15.8. The summed E-state index contributed by atoms with van der Waals surface area (Å²) in [5.41, 5.74) is 1.79. The number of hydrogen-bond donors (Lipinski definition) is 3. The molecule has 4 rings (SSSR count). The maximum absolute atomic E-state index is 5.37. The van der Waals surface area contributed by atoms with Crippen molar-refractivity contribution in [3.05, 3.63) is 24.4 Å². The molecule has 0 unspecified atom stereocenters. The molecule has 0 radical (unpaired) electrons. The molecule has 148 valence electrons. The second-order valence-electron chi connectivity index (χ2n) is 6.50. The Bertz CT molecular complexity index is 909. The van der Waals surface area contributed by atoms with Gasteiger partial charge in [-0.1, -0.05) is 0 Å². The van der Waals surface area contributed by atoms with Crippen LogP contribution >= 0.6 is 0 Å². The van der Waals surface area contributed by atoms with Gasteiger partial charge in [0.1, 0.15) is 0 Å². The minimum atomic E-state index is 0.260. The van der Waals surface area contributed by atoms with Gasteiger partial charge in [-0.2, -0.15) is 20.1 Å². The molecule has 3 N–H and O–H groups in total. The first-order chi connectivity index (χ1) is 13.8. The zero-order chi connectivity index (χ0) is 19.2. The Hall–Kier alpha value is -2.98. The molecule has 10 heteroatoms. The molecule has 2 aromatic heterocycles. The van der Waals surface area contributed by atoms with Gasteiger partial charge >= 0.3 is 6.01 Å². The number of nitrogens with one attached hydrogen (secondary N) is 3. The highest BCUT2D eigenvalue weighted by molar-refractivity contribution is 5.82. The van der Waals surface area contributed by atoms with Gasteiger partial charge in [0.25, 0.3) is 0 Å². The number of morpholine rings is 1. The van der Waals surface area contributed by atoms with E-state index in [0.717, 1.165) is 62.4 Å². The van der Waals surface area contributed by atoms with Crippen LogP contribution in [-0.4, -0.2) is 76.6 Å². The second kappa shape index (κ2) is 8.81. The van der Waals surface area contributed by atoms with Crippen LogP contribution in [0.25, 0.3) is 10.9 Å². The second-order valence-corrected chi connectivity index (χ2v) is 6.50. The number of ether oxygens (including phenoxy) is 2. The maximum Gasteiger partial charge on any atom is 0.322 e. The van der Waals surface area contributed by atoms with Crippen molar-refractivity contribution in [2.24, 2.45) is 0 Å². The van der Waals surface area contributed by atoms with Crippen LogP contribution in [0.5, 0.6) is 6.01 Å². The predicted molar refractivity (Wildman–Crippen MR) is 106 cm³/mol. The van der Waals surface area contributed by atoms with Crippen molar-refractivity contribution in [2.75, 3.05) is 57.1 Å². The number of methoxy groups -OCH3 is 1. The van der Waals surface area contributed by atoms with E-state index in [2.05, 4.69) is 40.7 Å². The molecule has 3 aromatic rings. The van der Waals surface area contributed by atoms with E-state index in [-0.39, 0.29) is 6.01 Å². The van der Waals surface area contributed by atoms with Crippen molar-refractivity contribution < 1.29 is 9.47 Å². The summed E-state index contributed by atoms with van der Waals surface area (Å²) in [7, 11) is 1.54. The van der Waals surface area contributed by atoms with Gasteiger partial charge in [0.2, 0.25) is 11.9 Å². The van der Waals surface area contributed by atoms with Crippen LogP contribution in [-0.2, 0) is 4.74 Å².